The molecule has 21 heavy (non-hydrogen) atoms. The van der Waals surface area contributed by atoms with Crippen molar-refractivity contribution in [3.05, 3.63) is 70.6 Å². The van der Waals surface area contributed by atoms with Crippen molar-refractivity contribution in [1.82, 2.24) is 5.01 Å². The average Bonchev–Trinajstić information content (AvgIpc) is 3.14. The monoisotopic (exact) mass is 315 g/mol. The first-order valence-corrected chi connectivity index (χ1v) is 8.10. The van der Waals surface area contributed by atoms with Crippen LogP contribution in [-0.4, -0.2) is 16.0 Å². The normalized spacial score (nSPS) is 18.2. The van der Waals surface area contributed by atoms with E-state index in [2.05, 4.69) is 5.10 Å². The highest BCUT2D eigenvalue weighted by molar-refractivity contribution is 8.14. The van der Waals surface area contributed by atoms with Gasteiger partial charge in [-0.05, 0) is 11.4 Å². The quantitative estimate of drug-likeness (QED) is 0.694. The van der Waals surface area contributed by atoms with E-state index in [1.807, 2.05) is 35.7 Å². The molecule has 1 unspecified atom stereocenters. The van der Waals surface area contributed by atoms with Crippen molar-refractivity contribution in [1.29, 1.82) is 0 Å². The fourth-order valence-electron chi connectivity index (χ4n) is 1.93. The van der Waals surface area contributed by atoms with Gasteiger partial charge in [0.1, 0.15) is 5.37 Å². The molecule has 0 aliphatic carbocycles. The van der Waals surface area contributed by atoms with Gasteiger partial charge in [-0.25, -0.2) is 0 Å². The summed E-state index contributed by atoms with van der Waals surface area (Å²) in [7, 11) is 0. The lowest BCUT2D eigenvalue weighted by molar-refractivity contribution is 0.104. The number of amidine groups is 1. The van der Waals surface area contributed by atoms with E-state index in [4.69, 9.17) is 5.73 Å². The Hall–Kier alpha value is -2.05. The van der Waals surface area contributed by atoms with Crippen molar-refractivity contribution in [3.63, 3.8) is 0 Å². The topological polar surface area (TPSA) is 58.7 Å². The van der Waals surface area contributed by atoms with E-state index < -0.39 is 0 Å². The third kappa shape index (κ3) is 3.17. The molecular weight excluding hydrogens is 302 g/mol. The van der Waals surface area contributed by atoms with Crippen LogP contribution in [0.5, 0.6) is 0 Å². The Morgan fingerprint density at radius 1 is 1.24 bits per heavy atom. The number of hydrazone groups is 1. The zero-order valence-corrected chi connectivity index (χ0v) is 12.7. The van der Waals surface area contributed by atoms with Gasteiger partial charge in [-0.15, -0.1) is 16.4 Å². The number of hydrogen-bond acceptors (Lipinski definition) is 6. The van der Waals surface area contributed by atoms with Gasteiger partial charge in [-0.1, -0.05) is 48.2 Å². The lowest BCUT2D eigenvalue weighted by Crippen LogP contribution is -2.10. The zero-order valence-electron chi connectivity index (χ0n) is 11.0. The Kier molecular flexibility index (Phi) is 4.08. The Bertz CT molecular complexity index is 680. The van der Waals surface area contributed by atoms with Crippen LogP contribution in [0.1, 0.15) is 20.6 Å². The first-order valence-electron chi connectivity index (χ1n) is 6.34. The van der Waals surface area contributed by atoms with Crippen LogP contribution in [0.4, 0.5) is 0 Å². The molecule has 0 saturated carbocycles. The van der Waals surface area contributed by atoms with Crippen molar-refractivity contribution in [3.8, 4) is 0 Å². The predicted octanol–water partition coefficient (Wildman–Crippen LogP) is 3.42. The first kappa shape index (κ1) is 13.9. The van der Waals surface area contributed by atoms with Gasteiger partial charge < -0.3 is 5.73 Å². The highest BCUT2D eigenvalue weighted by atomic mass is 32.2. The second-order valence-corrected chi connectivity index (χ2v) is 6.43. The van der Waals surface area contributed by atoms with Crippen LogP contribution in [0.3, 0.4) is 0 Å². The molecule has 0 spiro atoms. The number of carbonyl (C=O) groups excluding carboxylic acids is 1. The molecule has 1 atom stereocenters. The minimum absolute atomic E-state index is 0.00447. The number of nitrogens with two attached hydrogens (primary N) is 1. The van der Waals surface area contributed by atoms with E-state index in [-0.39, 0.29) is 11.2 Å². The van der Waals surface area contributed by atoms with E-state index in [9.17, 15) is 4.79 Å². The number of carbonyl (C=O) groups is 1. The van der Waals surface area contributed by atoms with E-state index in [1.165, 1.54) is 17.8 Å². The van der Waals surface area contributed by atoms with Crippen molar-refractivity contribution < 1.29 is 4.79 Å². The first-order chi connectivity index (χ1) is 10.2. The molecule has 6 heteroatoms. The standard InChI is InChI=1S/C15H13N3OS2/c16-15-17-18(14(21-15)13-7-4-10-20-13)9-8-12(19)11-5-2-1-3-6-11/h1-10,14H,(H2,16,17)/b9-8+. The molecule has 106 valence electrons. The Balaban J connectivity index is 1.76. The molecule has 1 aliphatic rings. The summed E-state index contributed by atoms with van der Waals surface area (Å²) in [6.07, 6.45) is 3.21. The van der Waals surface area contributed by atoms with Gasteiger partial charge in [0.25, 0.3) is 0 Å². The summed E-state index contributed by atoms with van der Waals surface area (Å²) in [5.74, 6) is -0.0498. The molecule has 0 fully saturated rings. The van der Waals surface area contributed by atoms with Crippen LogP contribution < -0.4 is 5.73 Å². The molecule has 2 aromatic rings. The number of ketones is 1. The molecule has 3 rings (SSSR count). The fraction of sp³-hybridized carbons (Fsp3) is 0.0667. The molecule has 1 aromatic carbocycles. The number of thiophene rings is 1. The predicted molar refractivity (Wildman–Crippen MR) is 88.0 cm³/mol. The summed E-state index contributed by atoms with van der Waals surface area (Å²) in [6.45, 7) is 0. The summed E-state index contributed by atoms with van der Waals surface area (Å²) in [4.78, 5) is 13.2. The average molecular weight is 315 g/mol. The molecule has 1 aromatic heterocycles. The Morgan fingerprint density at radius 3 is 2.76 bits per heavy atom. The number of benzene rings is 1. The molecule has 2 heterocycles. The minimum Gasteiger partial charge on any atom is -0.377 e. The summed E-state index contributed by atoms with van der Waals surface area (Å²) >= 11 is 3.13. The van der Waals surface area contributed by atoms with Crippen LogP contribution >= 0.6 is 23.1 Å². The lowest BCUT2D eigenvalue weighted by Gasteiger charge is -2.16. The van der Waals surface area contributed by atoms with Crippen molar-refractivity contribution >= 4 is 34.0 Å². The summed E-state index contributed by atoms with van der Waals surface area (Å²) in [5.41, 5.74) is 6.45. The highest BCUT2D eigenvalue weighted by Crippen LogP contribution is 2.40. The fourth-order valence-corrected chi connectivity index (χ4v) is 3.73. The maximum absolute atomic E-state index is 12.1. The number of hydrogen-bond donors (Lipinski definition) is 1. The smallest absolute Gasteiger partial charge is 0.187 e. The maximum atomic E-state index is 12.1. The summed E-state index contributed by atoms with van der Waals surface area (Å²) < 4.78 is 0. The maximum Gasteiger partial charge on any atom is 0.187 e. The van der Waals surface area contributed by atoms with E-state index >= 15 is 0 Å². The number of nitrogens with zero attached hydrogens (tertiary/aromatic N) is 2. The number of allylic oxidation sites excluding steroid dienone is 1. The van der Waals surface area contributed by atoms with E-state index in [1.54, 1.807) is 34.7 Å². The third-order valence-electron chi connectivity index (χ3n) is 2.91. The van der Waals surface area contributed by atoms with Crippen LogP contribution in [0.25, 0.3) is 0 Å². The van der Waals surface area contributed by atoms with Gasteiger partial charge in [0.2, 0.25) is 0 Å². The largest absolute Gasteiger partial charge is 0.377 e. The van der Waals surface area contributed by atoms with Gasteiger partial charge in [0.05, 0.1) is 0 Å². The number of rotatable bonds is 4. The van der Waals surface area contributed by atoms with Crippen LogP contribution in [-0.2, 0) is 0 Å². The molecule has 1 aliphatic heterocycles. The Morgan fingerprint density at radius 2 is 2.05 bits per heavy atom. The molecule has 2 N–H and O–H groups in total. The van der Waals surface area contributed by atoms with Gasteiger partial charge in [0, 0.05) is 22.7 Å². The van der Waals surface area contributed by atoms with Crippen LogP contribution in [0, 0.1) is 0 Å². The summed E-state index contributed by atoms with van der Waals surface area (Å²) in [6, 6.07) is 13.2. The SMILES string of the molecule is NC1=NN(/C=C/C(=O)c2ccccc2)C(c2cccs2)S1. The number of thioether (sulfide) groups is 1. The molecule has 0 saturated heterocycles. The lowest BCUT2D eigenvalue weighted by atomic mass is 10.1. The van der Waals surface area contributed by atoms with Gasteiger partial charge >= 0.3 is 0 Å². The second-order valence-electron chi connectivity index (χ2n) is 4.35. The van der Waals surface area contributed by atoms with Gasteiger partial charge in [-0.2, -0.15) is 0 Å². The zero-order chi connectivity index (χ0) is 14.7. The van der Waals surface area contributed by atoms with E-state index in [0.717, 1.165) is 4.88 Å². The van der Waals surface area contributed by atoms with Gasteiger partial charge in [0.15, 0.2) is 11.0 Å². The van der Waals surface area contributed by atoms with Crippen LogP contribution in [0.15, 0.2) is 65.2 Å². The molecule has 0 amide bonds. The van der Waals surface area contributed by atoms with E-state index in [0.29, 0.717) is 10.7 Å². The molecule has 0 radical (unpaired) electrons. The Labute approximate surface area is 131 Å². The van der Waals surface area contributed by atoms with Crippen molar-refractivity contribution in [2.45, 2.75) is 5.37 Å². The van der Waals surface area contributed by atoms with Crippen molar-refractivity contribution in [2.75, 3.05) is 0 Å². The second kappa shape index (κ2) is 6.15. The summed E-state index contributed by atoms with van der Waals surface area (Å²) in [5, 5.41) is 8.50. The van der Waals surface area contributed by atoms with Crippen molar-refractivity contribution in [2.24, 2.45) is 10.8 Å². The highest BCUT2D eigenvalue weighted by Gasteiger charge is 2.27. The molecule has 4 nitrogen and oxygen atoms in total. The third-order valence-corrected chi connectivity index (χ3v) is 5.00. The minimum atomic E-state index is -0.0498. The molecular formula is C15H13N3OS2. The molecule has 0 bridgehead atoms. The van der Waals surface area contributed by atoms with Crippen LogP contribution in [0.2, 0.25) is 0 Å². The van der Waals surface area contributed by atoms with Gasteiger partial charge in [-0.3, -0.25) is 9.80 Å².